The van der Waals surface area contributed by atoms with Gasteiger partial charge in [0.25, 0.3) is 0 Å². The molecule has 3 aliphatic rings. The normalized spacial score (nSPS) is 33.0. The smallest absolute Gasteiger partial charge is 0.479 e. The van der Waals surface area contributed by atoms with Crippen molar-refractivity contribution in [3.05, 3.63) is 41.3 Å². The van der Waals surface area contributed by atoms with Gasteiger partial charge >= 0.3 is 13.1 Å². The number of ketones is 1. The second-order valence-electron chi connectivity index (χ2n) is 14.0. The van der Waals surface area contributed by atoms with Crippen LogP contribution in [0.3, 0.4) is 0 Å². The number of benzene rings is 1. The Bertz CT molecular complexity index is 1470. The molecule has 1 aromatic heterocycles. The number of halogens is 1. The van der Waals surface area contributed by atoms with E-state index in [1.807, 2.05) is 13.0 Å². The molecule has 0 amide bonds. The summed E-state index contributed by atoms with van der Waals surface area (Å²) in [5.74, 6) is -0.732. The summed E-state index contributed by atoms with van der Waals surface area (Å²) in [7, 11) is -1.39. The molecule has 0 spiro atoms. The number of carbonyl (C=O) groups excluding carboxylic acids is 2. The third kappa shape index (κ3) is 6.46. The van der Waals surface area contributed by atoms with Crippen LogP contribution >= 0.6 is 0 Å². The minimum Gasteiger partial charge on any atom is -0.479 e. The molecule has 2 bridgehead atoms. The summed E-state index contributed by atoms with van der Waals surface area (Å²) in [6.45, 7) is 11.2. The van der Waals surface area contributed by atoms with E-state index in [0.717, 1.165) is 12.8 Å². The number of esters is 1. The first-order valence-corrected chi connectivity index (χ1v) is 15.8. The van der Waals surface area contributed by atoms with E-state index < -0.39 is 48.5 Å². The van der Waals surface area contributed by atoms with Crippen LogP contribution in [-0.4, -0.2) is 58.0 Å². The van der Waals surface area contributed by atoms with Gasteiger partial charge in [-0.3, -0.25) is 0 Å². The number of nitrogens with zero attached hydrogens (tertiary/aromatic N) is 2. The van der Waals surface area contributed by atoms with Gasteiger partial charge in [0.05, 0.1) is 12.7 Å². The zero-order chi connectivity index (χ0) is 32.7. The maximum absolute atomic E-state index is 15.1. The quantitative estimate of drug-likeness (QED) is 0.305. The lowest BCUT2D eigenvalue weighted by molar-refractivity contribution is -0.190. The van der Waals surface area contributed by atoms with Crippen molar-refractivity contribution in [3.8, 4) is 5.75 Å². The maximum Gasteiger partial charge on any atom is 0.494 e. The van der Waals surface area contributed by atoms with Crippen molar-refractivity contribution in [1.29, 1.82) is 0 Å². The predicted octanol–water partition coefficient (Wildman–Crippen LogP) is 4.33. The molecule has 0 radical (unpaired) electrons. The van der Waals surface area contributed by atoms with E-state index in [4.69, 9.17) is 18.7 Å². The van der Waals surface area contributed by atoms with Crippen molar-refractivity contribution in [1.82, 2.24) is 10.1 Å². The Morgan fingerprint density at radius 1 is 1.27 bits per heavy atom. The lowest BCUT2D eigenvalue weighted by atomic mass is 9.47. The summed E-state index contributed by atoms with van der Waals surface area (Å²) in [6, 6.07) is 3.01. The molecule has 7 atom stereocenters. The molecular weight excluding hydrogens is 582 g/mol. The lowest BCUT2D eigenvalue weighted by Gasteiger charge is -2.60. The first-order valence-electron chi connectivity index (χ1n) is 15.8. The molecule has 2 saturated carbocycles. The largest absolute Gasteiger partial charge is 0.494 e. The van der Waals surface area contributed by atoms with E-state index in [2.05, 4.69) is 30.9 Å². The first kappa shape index (κ1) is 33.3. The zero-order valence-corrected chi connectivity index (χ0v) is 27.0. The topological polar surface area (TPSA) is 141 Å². The van der Waals surface area contributed by atoms with Crippen molar-refractivity contribution in [3.63, 3.8) is 0 Å². The Kier molecular flexibility index (Phi) is 9.32. The minimum atomic E-state index is -1.39. The Morgan fingerprint density at radius 2 is 2.02 bits per heavy atom. The third-order valence-corrected chi connectivity index (χ3v) is 11.0. The van der Waals surface area contributed by atoms with Gasteiger partial charge in [-0.05, 0) is 74.8 Å². The maximum atomic E-state index is 15.1. The van der Waals surface area contributed by atoms with Crippen molar-refractivity contribution in [2.45, 2.75) is 98.9 Å². The molecule has 1 aliphatic heterocycles. The number of rotatable bonds is 9. The molecular formula is C33H44BFN2O8. The first-order chi connectivity index (χ1) is 21.2. The highest BCUT2D eigenvalue weighted by Crippen LogP contribution is 2.62. The van der Waals surface area contributed by atoms with Crippen LogP contribution in [0, 0.1) is 40.8 Å². The number of aliphatic hydroxyl groups is 1. The summed E-state index contributed by atoms with van der Waals surface area (Å²) in [4.78, 5) is 29.9. The number of ether oxygens (including phenoxy) is 2. The summed E-state index contributed by atoms with van der Waals surface area (Å²) >= 11 is 0. The Labute approximate surface area is 263 Å². The fraction of sp³-hybridized carbons (Fsp3) is 0.636. The van der Waals surface area contributed by atoms with E-state index in [-0.39, 0.29) is 40.9 Å². The van der Waals surface area contributed by atoms with Crippen LogP contribution in [0.2, 0.25) is 0 Å². The van der Waals surface area contributed by atoms with Crippen LogP contribution in [0.25, 0.3) is 6.08 Å². The van der Waals surface area contributed by atoms with Gasteiger partial charge in [-0.2, -0.15) is 4.98 Å². The van der Waals surface area contributed by atoms with Crippen LogP contribution in [-0.2, 0) is 25.6 Å². The molecule has 2 aromatic rings. The van der Waals surface area contributed by atoms with Crippen molar-refractivity contribution < 1.29 is 42.8 Å². The fourth-order valence-electron chi connectivity index (χ4n) is 7.88. The number of fused-ring (bicyclic) bond motifs is 3. The average Bonchev–Trinajstić information content (AvgIpc) is 3.60. The van der Waals surface area contributed by atoms with E-state index in [1.54, 1.807) is 26.0 Å². The van der Waals surface area contributed by atoms with Crippen LogP contribution in [0.4, 0.5) is 4.39 Å². The van der Waals surface area contributed by atoms with Crippen LogP contribution in [0.15, 0.2) is 22.7 Å². The Morgan fingerprint density at radius 3 is 2.71 bits per heavy atom. The molecule has 2 aliphatic carbocycles. The summed E-state index contributed by atoms with van der Waals surface area (Å²) < 4.78 is 37.3. The van der Waals surface area contributed by atoms with E-state index >= 15 is 4.39 Å². The van der Waals surface area contributed by atoms with Crippen molar-refractivity contribution >= 4 is 30.4 Å². The van der Waals surface area contributed by atoms with Crippen LogP contribution < -0.4 is 10.2 Å². The number of hydrogen-bond donors (Lipinski definition) is 2. The number of carbonyl (C=O) groups is 2. The highest BCUT2D eigenvalue weighted by Gasteiger charge is 2.59. The number of Topliss-reactive ketones (excluding diaryl/α,β-unsaturated/α-hetero) is 1. The van der Waals surface area contributed by atoms with Gasteiger partial charge in [-0.25, -0.2) is 9.18 Å². The molecule has 0 saturated heterocycles. The second kappa shape index (κ2) is 12.6. The lowest BCUT2D eigenvalue weighted by Crippen LogP contribution is -2.58. The Hall–Kier alpha value is -3.09. The summed E-state index contributed by atoms with van der Waals surface area (Å²) in [5.41, 5.74) is -1.20. The van der Waals surface area contributed by atoms with Crippen molar-refractivity contribution in [2.24, 2.45) is 28.1 Å². The number of aryl methyl sites for hydroxylation is 1. The summed E-state index contributed by atoms with van der Waals surface area (Å²) in [6.07, 6.45) is 5.78. The molecule has 10 nitrogen and oxygen atoms in total. The van der Waals surface area contributed by atoms with E-state index in [1.165, 1.54) is 6.07 Å². The number of aliphatic hydroxyl groups excluding tert-OH is 1. The number of aromatic nitrogens is 2. The molecule has 45 heavy (non-hydrogen) atoms. The monoisotopic (exact) mass is 626 g/mol. The van der Waals surface area contributed by atoms with E-state index in [0.29, 0.717) is 43.0 Å². The van der Waals surface area contributed by atoms with Crippen molar-refractivity contribution in [2.75, 3.05) is 6.61 Å². The molecule has 5 rings (SSSR count). The number of hydrogen-bond acceptors (Lipinski definition) is 10. The molecule has 12 heteroatoms. The van der Waals surface area contributed by atoms with Gasteiger partial charge in [0.1, 0.15) is 11.9 Å². The minimum absolute atomic E-state index is 0.00781. The van der Waals surface area contributed by atoms with Gasteiger partial charge in [0.2, 0.25) is 5.89 Å². The highest BCUT2D eigenvalue weighted by atomic mass is 19.1. The molecule has 2 N–H and O–H groups in total. The standard InChI is InChI=1S/C33H44BFN2O8/c1-19-9-13-33(14-10-20(2)38)18-32(19,6)25(15-31(5,30(40)21(33)3)12-11-26-36-22(4)37-45-26)44-27(39)17-42-24-8-7-23-16-43-34(41)28(23)29(24)35/h7-8,11-12,19,21,25,30,40-41H,9-10,13-18H2,1-6H3/b12-11+/t19-,21+,25-,30+,31-,32+,33-/m1/s1. The molecule has 2 fully saturated rings. The van der Waals surface area contributed by atoms with Gasteiger partial charge in [-0.15, -0.1) is 0 Å². The SMILES string of the molecule is CC(=O)CC[C@]12CC[C@@H](C)[C@](C)(C1)[C@H](OC(=O)COc1ccc3c(c1F)B(O)OC3)C[C@@](C)(/C=C/c1nc(C)no1)[C@@H](O)[C@@H]2C. The fourth-order valence-corrected chi connectivity index (χ4v) is 7.88. The summed E-state index contributed by atoms with van der Waals surface area (Å²) in [5, 5.41) is 25.9. The second-order valence-corrected chi connectivity index (χ2v) is 14.0. The predicted molar refractivity (Wildman–Crippen MR) is 164 cm³/mol. The van der Waals surface area contributed by atoms with Gasteiger partial charge in [-0.1, -0.05) is 45.0 Å². The van der Waals surface area contributed by atoms with Crippen LogP contribution in [0.5, 0.6) is 5.75 Å². The third-order valence-electron chi connectivity index (χ3n) is 11.0. The van der Waals surface area contributed by atoms with Crippen LogP contribution in [0.1, 0.15) is 90.4 Å². The Balaban J connectivity index is 1.46. The molecule has 0 unspecified atom stereocenters. The average molecular weight is 627 g/mol. The zero-order valence-electron chi connectivity index (χ0n) is 27.0. The van der Waals surface area contributed by atoms with Gasteiger partial charge < -0.3 is 33.6 Å². The van der Waals surface area contributed by atoms with E-state index in [9.17, 15) is 19.7 Å². The molecule has 244 valence electrons. The van der Waals surface area contributed by atoms with Gasteiger partial charge in [0, 0.05) is 28.8 Å². The molecule has 1 aromatic carbocycles. The van der Waals surface area contributed by atoms with Gasteiger partial charge in [0.15, 0.2) is 24.0 Å². The highest BCUT2D eigenvalue weighted by molar-refractivity contribution is 6.61. The molecule has 2 heterocycles.